The SMILES string of the molecule is Cc1ccc(S(=O)(=O)N2CCN(Cc3cccc(C(=O)NCc4ccc(Cl)cc4)c3)CC2)cc1. The second-order valence-electron chi connectivity index (χ2n) is 8.50. The molecule has 0 bridgehead atoms. The number of piperazine rings is 1. The number of carbonyl (C=O) groups is 1. The Kier molecular flexibility index (Phi) is 7.68. The number of amides is 1. The molecule has 6 nitrogen and oxygen atoms in total. The van der Waals surface area contributed by atoms with Gasteiger partial charge in [-0.25, -0.2) is 8.42 Å². The van der Waals surface area contributed by atoms with Crippen LogP contribution in [0.2, 0.25) is 5.02 Å². The van der Waals surface area contributed by atoms with Crippen LogP contribution in [0.3, 0.4) is 0 Å². The van der Waals surface area contributed by atoms with E-state index in [0.717, 1.165) is 16.7 Å². The maximum atomic E-state index is 12.9. The van der Waals surface area contributed by atoms with Gasteiger partial charge in [0, 0.05) is 49.9 Å². The van der Waals surface area contributed by atoms with Crippen molar-refractivity contribution in [2.45, 2.75) is 24.9 Å². The molecule has 178 valence electrons. The van der Waals surface area contributed by atoms with Crippen molar-refractivity contribution >= 4 is 27.5 Å². The third-order valence-electron chi connectivity index (χ3n) is 5.95. The molecule has 0 saturated carbocycles. The zero-order valence-electron chi connectivity index (χ0n) is 19.1. The molecule has 0 unspecified atom stereocenters. The van der Waals surface area contributed by atoms with E-state index in [4.69, 9.17) is 11.6 Å². The van der Waals surface area contributed by atoms with Crippen LogP contribution in [0.15, 0.2) is 77.7 Å². The van der Waals surface area contributed by atoms with Crippen molar-refractivity contribution in [1.29, 1.82) is 0 Å². The molecule has 34 heavy (non-hydrogen) atoms. The van der Waals surface area contributed by atoms with Crippen LogP contribution in [0.5, 0.6) is 0 Å². The van der Waals surface area contributed by atoms with Gasteiger partial charge < -0.3 is 5.32 Å². The minimum atomic E-state index is -3.48. The monoisotopic (exact) mass is 497 g/mol. The van der Waals surface area contributed by atoms with Crippen molar-refractivity contribution < 1.29 is 13.2 Å². The van der Waals surface area contributed by atoms with Crippen LogP contribution in [-0.4, -0.2) is 49.7 Å². The highest BCUT2D eigenvalue weighted by Gasteiger charge is 2.28. The number of aryl methyl sites for hydroxylation is 1. The Morgan fingerprint density at radius 3 is 2.26 bits per heavy atom. The first kappa shape index (κ1) is 24.4. The number of halogens is 1. The highest BCUT2D eigenvalue weighted by molar-refractivity contribution is 7.89. The van der Waals surface area contributed by atoms with E-state index in [1.165, 1.54) is 0 Å². The molecule has 0 aromatic heterocycles. The fourth-order valence-corrected chi connectivity index (χ4v) is 5.49. The van der Waals surface area contributed by atoms with E-state index in [1.54, 1.807) is 34.6 Å². The molecule has 0 spiro atoms. The van der Waals surface area contributed by atoms with Crippen LogP contribution in [0.1, 0.15) is 27.0 Å². The van der Waals surface area contributed by atoms with Gasteiger partial charge >= 0.3 is 0 Å². The number of hydrogen-bond donors (Lipinski definition) is 1. The molecule has 3 aromatic carbocycles. The quantitative estimate of drug-likeness (QED) is 0.534. The summed E-state index contributed by atoms with van der Waals surface area (Å²) in [5.74, 6) is -0.134. The molecular formula is C26H28ClN3O3S. The summed E-state index contributed by atoms with van der Waals surface area (Å²) in [6.45, 7) is 5.19. The summed E-state index contributed by atoms with van der Waals surface area (Å²) < 4.78 is 27.4. The summed E-state index contributed by atoms with van der Waals surface area (Å²) in [6.07, 6.45) is 0. The number of benzene rings is 3. The van der Waals surface area contributed by atoms with Gasteiger partial charge in [0.1, 0.15) is 0 Å². The van der Waals surface area contributed by atoms with E-state index < -0.39 is 10.0 Å². The zero-order valence-corrected chi connectivity index (χ0v) is 20.6. The van der Waals surface area contributed by atoms with Crippen LogP contribution in [0.25, 0.3) is 0 Å². The molecule has 0 aliphatic carbocycles. The van der Waals surface area contributed by atoms with Crippen molar-refractivity contribution in [2.24, 2.45) is 0 Å². The first-order valence-corrected chi connectivity index (χ1v) is 13.0. The summed E-state index contributed by atoms with van der Waals surface area (Å²) in [5, 5.41) is 3.60. The predicted octanol–water partition coefficient (Wildman–Crippen LogP) is 4.08. The number of nitrogens with one attached hydrogen (secondary N) is 1. The fraction of sp³-hybridized carbons (Fsp3) is 0.269. The average molecular weight is 498 g/mol. The van der Waals surface area contributed by atoms with Crippen LogP contribution >= 0.6 is 11.6 Å². The lowest BCUT2D eigenvalue weighted by atomic mass is 10.1. The van der Waals surface area contributed by atoms with Gasteiger partial charge in [0.15, 0.2) is 0 Å². The summed E-state index contributed by atoms with van der Waals surface area (Å²) >= 11 is 5.91. The second kappa shape index (κ2) is 10.7. The van der Waals surface area contributed by atoms with Gasteiger partial charge in [-0.1, -0.05) is 53.6 Å². The van der Waals surface area contributed by atoms with Gasteiger partial charge in [0.05, 0.1) is 4.90 Å². The molecule has 4 rings (SSSR count). The molecule has 1 aliphatic rings. The summed E-state index contributed by atoms with van der Waals surface area (Å²) in [5.41, 5.74) is 3.64. The lowest BCUT2D eigenvalue weighted by Gasteiger charge is -2.34. The third-order valence-corrected chi connectivity index (χ3v) is 8.12. The Labute approximate surface area is 206 Å². The third kappa shape index (κ3) is 6.04. The van der Waals surface area contributed by atoms with Crippen molar-refractivity contribution in [2.75, 3.05) is 26.2 Å². The van der Waals surface area contributed by atoms with E-state index in [0.29, 0.717) is 54.8 Å². The van der Waals surface area contributed by atoms with Crippen molar-refractivity contribution in [3.8, 4) is 0 Å². The van der Waals surface area contributed by atoms with E-state index in [1.807, 2.05) is 49.4 Å². The predicted molar refractivity (Wildman–Crippen MR) is 134 cm³/mol. The van der Waals surface area contributed by atoms with Gasteiger partial charge in [0.25, 0.3) is 5.91 Å². The molecule has 1 aliphatic heterocycles. The fourth-order valence-electron chi connectivity index (χ4n) is 3.94. The molecule has 8 heteroatoms. The van der Waals surface area contributed by atoms with Crippen LogP contribution in [0.4, 0.5) is 0 Å². The van der Waals surface area contributed by atoms with E-state index in [2.05, 4.69) is 10.2 Å². The Hall–Kier alpha value is -2.71. The second-order valence-corrected chi connectivity index (χ2v) is 10.9. The molecule has 1 heterocycles. The smallest absolute Gasteiger partial charge is 0.251 e. The van der Waals surface area contributed by atoms with Crippen molar-refractivity contribution in [3.63, 3.8) is 0 Å². The molecule has 1 saturated heterocycles. The highest BCUT2D eigenvalue weighted by Crippen LogP contribution is 2.19. The highest BCUT2D eigenvalue weighted by atomic mass is 35.5. The molecule has 1 amide bonds. The lowest BCUT2D eigenvalue weighted by Crippen LogP contribution is -2.48. The van der Waals surface area contributed by atoms with Crippen LogP contribution < -0.4 is 5.32 Å². The summed E-state index contributed by atoms with van der Waals surface area (Å²) in [4.78, 5) is 15.2. The Morgan fingerprint density at radius 1 is 0.912 bits per heavy atom. The zero-order chi connectivity index (χ0) is 24.1. The Balaban J connectivity index is 1.32. The van der Waals surface area contributed by atoms with E-state index in [-0.39, 0.29) is 5.91 Å². The topological polar surface area (TPSA) is 69.7 Å². The molecule has 1 N–H and O–H groups in total. The minimum absolute atomic E-state index is 0.134. The van der Waals surface area contributed by atoms with Crippen molar-refractivity contribution in [3.05, 3.63) is 100 Å². The molecule has 0 radical (unpaired) electrons. The first-order valence-electron chi connectivity index (χ1n) is 11.2. The van der Waals surface area contributed by atoms with Crippen LogP contribution in [-0.2, 0) is 23.1 Å². The maximum Gasteiger partial charge on any atom is 0.251 e. The molecular weight excluding hydrogens is 470 g/mol. The Bertz CT molecular complexity index is 1240. The normalized spacial score (nSPS) is 15.2. The molecule has 0 atom stereocenters. The molecule has 3 aromatic rings. The van der Waals surface area contributed by atoms with Gasteiger partial charge in [-0.15, -0.1) is 0 Å². The largest absolute Gasteiger partial charge is 0.348 e. The van der Waals surface area contributed by atoms with E-state index in [9.17, 15) is 13.2 Å². The summed E-state index contributed by atoms with van der Waals surface area (Å²) in [7, 11) is -3.48. The van der Waals surface area contributed by atoms with Gasteiger partial charge in [0.2, 0.25) is 10.0 Å². The van der Waals surface area contributed by atoms with Crippen LogP contribution in [0, 0.1) is 6.92 Å². The van der Waals surface area contributed by atoms with E-state index >= 15 is 0 Å². The number of nitrogens with zero attached hydrogens (tertiary/aromatic N) is 2. The Morgan fingerprint density at radius 2 is 1.59 bits per heavy atom. The molecule has 1 fully saturated rings. The van der Waals surface area contributed by atoms with Crippen molar-refractivity contribution in [1.82, 2.24) is 14.5 Å². The maximum absolute atomic E-state index is 12.9. The number of sulfonamides is 1. The number of hydrogen-bond acceptors (Lipinski definition) is 4. The number of carbonyl (C=O) groups excluding carboxylic acids is 1. The van der Waals surface area contributed by atoms with Gasteiger partial charge in [-0.3, -0.25) is 9.69 Å². The lowest BCUT2D eigenvalue weighted by molar-refractivity contribution is 0.0950. The first-order chi connectivity index (χ1) is 16.3. The van der Waals surface area contributed by atoms with Gasteiger partial charge in [-0.2, -0.15) is 4.31 Å². The number of rotatable bonds is 7. The van der Waals surface area contributed by atoms with Gasteiger partial charge in [-0.05, 0) is 54.4 Å². The average Bonchev–Trinajstić information content (AvgIpc) is 2.84. The summed E-state index contributed by atoms with van der Waals surface area (Å²) in [6, 6.07) is 21.9. The minimum Gasteiger partial charge on any atom is -0.348 e. The standard InChI is InChI=1S/C26H28ClN3O3S/c1-20-5-11-25(12-6-20)34(32,33)30-15-13-29(14-16-30)19-22-3-2-4-23(17-22)26(31)28-18-21-7-9-24(27)10-8-21/h2-12,17H,13-16,18-19H2,1H3,(H,28,31).